The Kier molecular flexibility index (Phi) is 11.4. The number of anilines is 1. The highest BCUT2D eigenvalue weighted by Crippen LogP contribution is 2.33. The minimum absolute atomic E-state index is 0.0254. The van der Waals surface area contributed by atoms with Gasteiger partial charge in [0.2, 0.25) is 0 Å². The molecular formula is C27H36ClF2N3O4S2. The Morgan fingerprint density at radius 1 is 1.13 bits per heavy atom. The number of sulfonamides is 1. The SMILES string of the molecule is COC1(C(=O)NS(=O)(=O)c2cc(F)c(N[C@H](CCN(C)C)CSc3ccc(F)cc3)c(Cl)c2)CCCCCC1. The van der Waals surface area contributed by atoms with E-state index in [0.717, 1.165) is 42.7 Å². The van der Waals surface area contributed by atoms with Crippen LogP contribution in [0.2, 0.25) is 5.02 Å². The second-order valence-corrected chi connectivity index (χ2v) is 13.2. The molecular weight excluding hydrogens is 568 g/mol. The van der Waals surface area contributed by atoms with E-state index in [-0.39, 0.29) is 22.6 Å². The molecule has 0 radical (unpaired) electrons. The molecule has 39 heavy (non-hydrogen) atoms. The lowest BCUT2D eigenvalue weighted by atomic mass is 9.93. The van der Waals surface area contributed by atoms with Crippen LogP contribution < -0.4 is 10.0 Å². The fourth-order valence-electron chi connectivity index (χ4n) is 4.48. The maximum Gasteiger partial charge on any atom is 0.265 e. The summed E-state index contributed by atoms with van der Waals surface area (Å²) in [7, 11) is 0.845. The second-order valence-electron chi connectivity index (χ2n) is 10.0. The maximum atomic E-state index is 15.3. The Morgan fingerprint density at radius 3 is 2.33 bits per heavy atom. The fraction of sp³-hybridized carbons (Fsp3) is 0.519. The van der Waals surface area contributed by atoms with Gasteiger partial charge in [0.1, 0.15) is 17.2 Å². The zero-order valence-corrected chi connectivity index (χ0v) is 24.8. The van der Waals surface area contributed by atoms with Gasteiger partial charge in [0.05, 0.1) is 15.6 Å². The van der Waals surface area contributed by atoms with Crippen molar-refractivity contribution in [3.63, 3.8) is 0 Å². The molecule has 0 unspecified atom stereocenters. The zero-order valence-electron chi connectivity index (χ0n) is 22.4. The third-order valence-electron chi connectivity index (χ3n) is 6.81. The van der Waals surface area contributed by atoms with Gasteiger partial charge in [-0.25, -0.2) is 21.9 Å². The van der Waals surface area contributed by atoms with Crippen LogP contribution in [0.15, 0.2) is 46.2 Å². The molecule has 1 fully saturated rings. The van der Waals surface area contributed by atoms with Gasteiger partial charge in [0.25, 0.3) is 15.9 Å². The number of hydrogen-bond donors (Lipinski definition) is 2. The van der Waals surface area contributed by atoms with Crippen molar-refractivity contribution in [1.29, 1.82) is 0 Å². The predicted molar refractivity (Wildman–Crippen MR) is 152 cm³/mol. The van der Waals surface area contributed by atoms with Gasteiger partial charge >= 0.3 is 0 Å². The van der Waals surface area contributed by atoms with Crippen molar-refractivity contribution in [1.82, 2.24) is 9.62 Å². The molecule has 0 bridgehead atoms. The molecule has 2 aromatic carbocycles. The molecule has 1 aliphatic rings. The highest BCUT2D eigenvalue weighted by molar-refractivity contribution is 7.99. The van der Waals surface area contributed by atoms with Crippen LogP contribution in [-0.4, -0.2) is 64.4 Å². The van der Waals surface area contributed by atoms with Crippen LogP contribution in [-0.2, 0) is 19.6 Å². The Hall–Kier alpha value is -1.92. The molecule has 1 amide bonds. The summed E-state index contributed by atoms with van der Waals surface area (Å²) in [5.41, 5.74) is -1.27. The molecule has 1 saturated carbocycles. The van der Waals surface area contributed by atoms with E-state index in [9.17, 15) is 17.6 Å². The molecule has 12 heteroatoms. The van der Waals surface area contributed by atoms with E-state index in [1.54, 1.807) is 12.1 Å². The number of halogens is 3. The number of nitrogens with zero attached hydrogens (tertiary/aromatic N) is 1. The Labute approximate surface area is 239 Å². The number of benzene rings is 2. The largest absolute Gasteiger partial charge is 0.378 e. The Balaban J connectivity index is 1.77. The predicted octanol–water partition coefficient (Wildman–Crippen LogP) is 5.69. The van der Waals surface area contributed by atoms with Gasteiger partial charge in [0.15, 0.2) is 0 Å². The molecule has 1 aliphatic carbocycles. The summed E-state index contributed by atoms with van der Waals surface area (Å²) in [6.45, 7) is 0.709. The average Bonchev–Trinajstić information content (AvgIpc) is 3.14. The maximum absolute atomic E-state index is 15.3. The lowest BCUT2D eigenvalue weighted by Gasteiger charge is -2.29. The summed E-state index contributed by atoms with van der Waals surface area (Å²) in [6, 6.07) is 7.86. The number of carbonyl (C=O) groups excluding carboxylic acids is 1. The normalized spacial score (nSPS) is 16.5. The molecule has 0 aliphatic heterocycles. The number of methoxy groups -OCH3 is 1. The number of carbonyl (C=O) groups is 1. The molecule has 0 heterocycles. The van der Waals surface area contributed by atoms with Crippen LogP contribution in [0.1, 0.15) is 44.9 Å². The van der Waals surface area contributed by atoms with Gasteiger partial charge in [-0.3, -0.25) is 4.79 Å². The first kappa shape index (κ1) is 31.6. The first-order valence-corrected chi connectivity index (χ1v) is 15.7. The molecule has 0 saturated heterocycles. The van der Waals surface area contributed by atoms with E-state index >= 15 is 4.39 Å². The monoisotopic (exact) mass is 603 g/mol. The third-order valence-corrected chi connectivity index (χ3v) is 9.59. The van der Waals surface area contributed by atoms with Crippen LogP contribution in [0.5, 0.6) is 0 Å². The minimum Gasteiger partial charge on any atom is -0.378 e. The van der Waals surface area contributed by atoms with Gasteiger partial charge in [-0.05, 0) is 76.3 Å². The first-order valence-electron chi connectivity index (χ1n) is 12.9. The quantitative estimate of drug-likeness (QED) is 0.238. The molecule has 2 aromatic rings. The van der Waals surface area contributed by atoms with E-state index in [1.807, 2.05) is 19.0 Å². The molecule has 0 spiro atoms. The van der Waals surface area contributed by atoms with Gasteiger partial charge in [-0.2, -0.15) is 0 Å². The van der Waals surface area contributed by atoms with Crippen molar-refractivity contribution in [2.24, 2.45) is 0 Å². The van der Waals surface area contributed by atoms with E-state index in [1.165, 1.54) is 31.0 Å². The number of ether oxygens (including phenoxy) is 1. The number of nitrogens with one attached hydrogen (secondary N) is 2. The second kappa shape index (κ2) is 14.1. The van der Waals surface area contributed by atoms with E-state index < -0.39 is 32.2 Å². The molecule has 2 N–H and O–H groups in total. The van der Waals surface area contributed by atoms with Gasteiger partial charge in [0, 0.05) is 23.8 Å². The van der Waals surface area contributed by atoms with Crippen molar-refractivity contribution in [2.75, 3.05) is 38.8 Å². The number of hydrogen-bond acceptors (Lipinski definition) is 7. The Morgan fingerprint density at radius 2 is 1.77 bits per heavy atom. The summed E-state index contributed by atoms with van der Waals surface area (Å²) in [5.74, 6) is -1.40. The highest BCUT2D eigenvalue weighted by atomic mass is 35.5. The minimum atomic E-state index is -4.40. The van der Waals surface area contributed by atoms with Crippen molar-refractivity contribution >= 4 is 45.0 Å². The van der Waals surface area contributed by atoms with Crippen LogP contribution in [0, 0.1) is 11.6 Å². The topological polar surface area (TPSA) is 87.7 Å². The summed E-state index contributed by atoms with van der Waals surface area (Å²) in [5, 5.41) is 2.99. The fourth-order valence-corrected chi connectivity index (χ4v) is 6.86. The summed E-state index contributed by atoms with van der Waals surface area (Å²) < 4.78 is 62.2. The molecule has 3 rings (SSSR count). The number of amides is 1. The van der Waals surface area contributed by atoms with Crippen LogP contribution in [0.4, 0.5) is 14.5 Å². The lowest BCUT2D eigenvalue weighted by molar-refractivity contribution is -0.143. The van der Waals surface area contributed by atoms with Crippen molar-refractivity contribution in [3.8, 4) is 0 Å². The molecule has 1 atom stereocenters. The van der Waals surface area contributed by atoms with Crippen LogP contribution in [0.3, 0.4) is 0 Å². The number of thioether (sulfide) groups is 1. The number of rotatable bonds is 12. The van der Waals surface area contributed by atoms with E-state index in [4.69, 9.17) is 16.3 Å². The van der Waals surface area contributed by atoms with Crippen molar-refractivity contribution in [3.05, 3.63) is 53.1 Å². The smallest absolute Gasteiger partial charge is 0.265 e. The van der Waals surface area contributed by atoms with E-state index in [0.29, 0.717) is 31.6 Å². The summed E-state index contributed by atoms with van der Waals surface area (Å²) in [6.07, 6.45) is 4.84. The van der Waals surface area contributed by atoms with Crippen molar-refractivity contribution in [2.45, 2.75) is 66.4 Å². The van der Waals surface area contributed by atoms with Gasteiger partial charge < -0.3 is 15.0 Å². The highest BCUT2D eigenvalue weighted by Gasteiger charge is 2.41. The first-order chi connectivity index (χ1) is 18.5. The van der Waals surface area contributed by atoms with Crippen LogP contribution >= 0.6 is 23.4 Å². The Bertz CT molecular complexity index is 1200. The standard InChI is InChI=1S/C27H36ClF2N3O4S2/c1-33(2)15-12-20(18-38-21-10-8-19(29)9-11-21)31-25-23(28)16-22(17-24(25)30)39(35,36)32-26(34)27(37-3)13-6-4-5-7-14-27/h8-11,16-17,20,31H,4-7,12-15,18H2,1-3H3,(H,32,34)/t20-/m1/s1. The summed E-state index contributed by atoms with van der Waals surface area (Å²) >= 11 is 7.86. The summed E-state index contributed by atoms with van der Waals surface area (Å²) in [4.78, 5) is 15.4. The molecule has 0 aromatic heterocycles. The average molecular weight is 604 g/mol. The lowest BCUT2D eigenvalue weighted by Crippen LogP contribution is -2.49. The molecule has 7 nitrogen and oxygen atoms in total. The van der Waals surface area contributed by atoms with Gasteiger partial charge in [-0.15, -0.1) is 11.8 Å². The van der Waals surface area contributed by atoms with Crippen LogP contribution in [0.25, 0.3) is 0 Å². The van der Waals surface area contributed by atoms with Crippen molar-refractivity contribution < 1.29 is 26.7 Å². The zero-order chi connectivity index (χ0) is 28.6. The molecule has 216 valence electrons. The van der Waals surface area contributed by atoms with E-state index in [2.05, 4.69) is 10.0 Å². The third kappa shape index (κ3) is 8.78. The van der Waals surface area contributed by atoms with Gasteiger partial charge in [-0.1, -0.05) is 37.3 Å².